The predicted molar refractivity (Wildman–Crippen MR) is 55.1 cm³/mol. The molecule has 0 atom stereocenters. The molecule has 0 fully saturated rings. The Morgan fingerprint density at radius 2 is 2.25 bits per heavy atom. The van der Waals surface area contributed by atoms with Crippen LogP contribution in [-0.4, -0.2) is 18.1 Å². The predicted octanol–water partition coefficient (Wildman–Crippen LogP) is 3.20. The summed E-state index contributed by atoms with van der Waals surface area (Å²) in [7, 11) is 1.08. The van der Waals surface area contributed by atoms with Crippen LogP contribution in [0.15, 0.2) is 6.20 Å². The third-order valence-electron chi connectivity index (χ3n) is 1.89. The monoisotopic (exact) mass is 269 g/mol. The second kappa shape index (κ2) is 5.41. The smallest absolute Gasteiger partial charge is 0.340 e. The fourth-order valence-corrected chi connectivity index (χ4v) is 1.72. The Kier molecular flexibility index (Phi) is 4.44. The summed E-state index contributed by atoms with van der Waals surface area (Å²) < 4.78 is 29.6. The number of carbonyl (C=O) groups is 1. The lowest BCUT2D eigenvalue weighted by molar-refractivity contribution is 0.0586. The number of nitrogens with zero attached hydrogens (tertiary/aromatic N) is 1. The third kappa shape index (κ3) is 2.41. The van der Waals surface area contributed by atoms with Crippen molar-refractivity contribution in [2.24, 2.45) is 0 Å². The van der Waals surface area contributed by atoms with E-state index in [0.717, 1.165) is 13.3 Å². The number of aromatic nitrogens is 1. The Labute approximate surface area is 100 Å². The Morgan fingerprint density at radius 3 is 2.69 bits per heavy atom. The normalized spacial score (nSPS) is 10.6. The number of alkyl halides is 3. The maximum atomic E-state index is 12.6. The molecule has 0 N–H and O–H groups in total. The van der Waals surface area contributed by atoms with Crippen molar-refractivity contribution in [3.05, 3.63) is 28.0 Å². The second-order valence-corrected chi connectivity index (χ2v) is 3.45. The standard InChI is InChI=1S/C9H7Cl2F2NO2/c1-16-9(15)6-4(2-10)5(11)3-14-7(6)8(12)13/h3,8H,2H2,1H3. The zero-order chi connectivity index (χ0) is 12.3. The summed E-state index contributed by atoms with van der Waals surface area (Å²) in [5.41, 5.74) is -0.938. The summed E-state index contributed by atoms with van der Waals surface area (Å²) in [4.78, 5) is 14.8. The van der Waals surface area contributed by atoms with Crippen molar-refractivity contribution in [3.63, 3.8) is 0 Å². The van der Waals surface area contributed by atoms with E-state index in [0.29, 0.717) is 0 Å². The average Bonchev–Trinajstić information content (AvgIpc) is 2.27. The molecule has 1 rings (SSSR count). The average molecular weight is 270 g/mol. The van der Waals surface area contributed by atoms with Gasteiger partial charge in [-0.1, -0.05) is 11.6 Å². The molecular weight excluding hydrogens is 263 g/mol. The van der Waals surface area contributed by atoms with Crippen molar-refractivity contribution in [3.8, 4) is 0 Å². The number of carbonyl (C=O) groups excluding carboxylic acids is 1. The molecule has 1 aromatic heterocycles. The lowest BCUT2D eigenvalue weighted by Gasteiger charge is -2.11. The molecule has 0 bridgehead atoms. The molecule has 0 aliphatic heterocycles. The van der Waals surface area contributed by atoms with Gasteiger partial charge < -0.3 is 4.74 Å². The Bertz CT molecular complexity index is 413. The van der Waals surface area contributed by atoms with Gasteiger partial charge >= 0.3 is 5.97 Å². The van der Waals surface area contributed by atoms with Gasteiger partial charge in [0, 0.05) is 17.6 Å². The van der Waals surface area contributed by atoms with Crippen LogP contribution in [0.5, 0.6) is 0 Å². The molecule has 16 heavy (non-hydrogen) atoms. The first kappa shape index (κ1) is 13.1. The largest absolute Gasteiger partial charge is 0.465 e. The summed E-state index contributed by atoms with van der Waals surface area (Å²) >= 11 is 11.3. The van der Waals surface area contributed by atoms with Gasteiger partial charge in [-0.3, -0.25) is 4.98 Å². The Balaban J connectivity index is 3.47. The Hall–Kier alpha value is -0.940. The molecule has 0 amide bonds. The van der Waals surface area contributed by atoms with Crippen molar-refractivity contribution in [2.45, 2.75) is 12.3 Å². The minimum atomic E-state index is -2.90. The van der Waals surface area contributed by atoms with Gasteiger partial charge in [-0.15, -0.1) is 11.6 Å². The molecule has 0 aliphatic carbocycles. The van der Waals surface area contributed by atoms with Gasteiger partial charge in [0.15, 0.2) is 0 Å². The zero-order valence-corrected chi connectivity index (χ0v) is 9.65. The van der Waals surface area contributed by atoms with Crippen LogP contribution in [0.2, 0.25) is 5.02 Å². The van der Waals surface area contributed by atoms with Crippen LogP contribution in [0.25, 0.3) is 0 Å². The fourth-order valence-electron chi connectivity index (χ4n) is 1.17. The summed E-state index contributed by atoms with van der Waals surface area (Å²) in [6.07, 6.45) is -1.86. The van der Waals surface area contributed by atoms with Crippen molar-refractivity contribution >= 4 is 29.2 Å². The number of halogens is 4. The quantitative estimate of drug-likeness (QED) is 0.625. The van der Waals surface area contributed by atoms with Crippen LogP contribution in [0.4, 0.5) is 8.78 Å². The van der Waals surface area contributed by atoms with Crippen LogP contribution < -0.4 is 0 Å². The lowest BCUT2D eigenvalue weighted by Crippen LogP contribution is -2.12. The van der Waals surface area contributed by atoms with E-state index >= 15 is 0 Å². The number of pyridine rings is 1. The number of methoxy groups -OCH3 is 1. The van der Waals surface area contributed by atoms with Gasteiger partial charge in [0.1, 0.15) is 5.69 Å². The molecule has 0 saturated carbocycles. The molecule has 0 unspecified atom stereocenters. The molecular formula is C9H7Cl2F2NO2. The second-order valence-electron chi connectivity index (χ2n) is 2.77. The molecule has 0 saturated heterocycles. The molecule has 0 radical (unpaired) electrons. The summed E-state index contributed by atoms with van der Waals surface area (Å²) in [6, 6.07) is 0. The van der Waals surface area contributed by atoms with Gasteiger partial charge in [0.05, 0.1) is 17.7 Å². The number of hydrogen-bond donors (Lipinski definition) is 0. The molecule has 3 nitrogen and oxygen atoms in total. The van der Waals surface area contributed by atoms with E-state index < -0.39 is 18.1 Å². The van der Waals surface area contributed by atoms with Crippen molar-refractivity contribution in [1.29, 1.82) is 0 Å². The number of rotatable bonds is 3. The molecule has 0 spiro atoms. The highest BCUT2D eigenvalue weighted by Crippen LogP contribution is 2.29. The first-order valence-electron chi connectivity index (χ1n) is 4.12. The number of ether oxygens (including phenoxy) is 1. The van der Waals surface area contributed by atoms with Gasteiger partial charge in [0.2, 0.25) is 0 Å². The van der Waals surface area contributed by atoms with E-state index in [1.807, 2.05) is 0 Å². The molecule has 0 aromatic carbocycles. The van der Waals surface area contributed by atoms with Crippen LogP contribution in [0.1, 0.15) is 28.0 Å². The van der Waals surface area contributed by atoms with Crippen LogP contribution in [0, 0.1) is 0 Å². The molecule has 7 heteroatoms. The van der Waals surface area contributed by atoms with Crippen molar-refractivity contribution < 1.29 is 18.3 Å². The number of hydrogen-bond acceptors (Lipinski definition) is 3. The van der Waals surface area contributed by atoms with E-state index in [4.69, 9.17) is 23.2 Å². The maximum absolute atomic E-state index is 12.6. The zero-order valence-electron chi connectivity index (χ0n) is 8.14. The highest BCUT2D eigenvalue weighted by molar-refractivity contribution is 6.32. The Morgan fingerprint density at radius 1 is 1.62 bits per heavy atom. The van der Waals surface area contributed by atoms with Crippen LogP contribution >= 0.6 is 23.2 Å². The summed E-state index contributed by atoms with van der Waals surface area (Å²) in [5.74, 6) is -1.10. The van der Waals surface area contributed by atoms with Gasteiger partial charge in [0.25, 0.3) is 6.43 Å². The van der Waals surface area contributed by atoms with Gasteiger partial charge in [-0.25, -0.2) is 13.6 Å². The molecule has 1 heterocycles. The molecule has 88 valence electrons. The third-order valence-corrected chi connectivity index (χ3v) is 2.49. The van der Waals surface area contributed by atoms with Gasteiger partial charge in [-0.2, -0.15) is 0 Å². The van der Waals surface area contributed by atoms with E-state index in [2.05, 4.69) is 9.72 Å². The van der Waals surface area contributed by atoms with Crippen LogP contribution in [0.3, 0.4) is 0 Å². The maximum Gasteiger partial charge on any atom is 0.340 e. The highest BCUT2D eigenvalue weighted by atomic mass is 35.5. The van der Waals surface area contributed by atoms with E-state index in [1.165, 1.54) is 0 Å². The van der Waals surface area contributed by atoms with E-state index in [9.17, 15) is 13.6 Å². The fraction of sp³-hybridized carbons (Fsp3) is 0.333. The number of esters is 1. The lowest BCUT2D eigenvalue weighted by atomic mass is 10.1. The minimum absolute atomic E-state index is 0.0554. The molecule has 0 aliphatic rings. The molecule has 1 aromatic rings. The van der Waals surface area contributed by atoms with Crippen molar-refractivity contribution in [1.82, 2.24) is 4.98 Å². The van der Waals surface area contributed by atoms with Crippen LogP contribution in [-0.2, 0) is 10.6 Å². The van der Waals surface area contributed by atoms with Gasteiger partial charge in [-0.05, 0) is 0 Å². The first-order valence-corrected chi connectivity index (χ1v) is 5.03. The van der Waals surface area contributed by atoms with E-state index in [1.54, 1.807) is 0 Å². The minimum Gasteiger partial charge on any atom is -0.465 e. The topological polar surface area (TPSA) is 39.2 Å². The van der Waals surface area contributed by atoms with E-state index in [-0.39, 0.29) is 22.0 Å². The highest BCUT2D eigenvalue weighted by Gasteiger charge is 2.25. The summed E-state index contributed by atoms with van der Waals surface area (Å²) in [6.45, 7) is 0. The summed E-state index contributed by atoms with van der Waals surface area (Å²) in [5, 5.41) is 0.0554. The first-order chi connectivity index (χ1) is 7.52. The SMILES string of the molecule is COC(=O)c1c(C(F)F)ncc(Cl)c1CCl. The van der Waals surface area contributed by atoms with Crippen molar-refractivity contribution in [2.75, 3.05) is 7.11 Å².